The second-order valence-electron chi connectivity index (χ2n) is 21.0. The Morgan fingerprint density at radius 2 is 1.37 bits per heavy atom. The second-order valence-corrected chi connectivity index (χ2v) is 22.0. The van der Waals surface area contributed by atoms with Gasteiger partial charge in [0.2, 0.25) is 29.5 Å². The first-order chi connectivity index (χ1) is 33.1. The first kappa shape index (κ1) is 51.6. The number of amides is 7. The van der Waals surface area contributed by atoms with Gasteiger partial charge in [-0.3, -0.25) is 38.9 Å². The molecule has 7 rings (SSSR count). The summed E-state index contributed by atoms with van der Waals surface area (Å²) in [5.74, 6) is -2.33. The molecule has 0 spiro atoms. The molecule has 7 amide bonds. The number of carbonyl (C=O) groups excluding carboxylic acids is 7. The van der Waals surface area contributed by atoms with Crippen molar-refractivity contribution >= 4 is 68.0 Å². The molecule has 6 atom stereocenters. The molecule has 4 aromatic rings. The zero-order valence-electron chi connectivity index (χ0n) is 41.7. The normalized spacial score (nSPS) is 19.8. The van der Waals surface area contributed by atoms with E-state index < -0.39 is 46.8 Å². The van der Waals surface area contributed by atoms with E-state index in [1.807, 2.05) is 72.7 Å². The average molecular weight is 977 g/mol. The summed E-state index contributed by atoms with van der Waals surface area (Å²) < 4.78 is 0.739. The highest BCUT2D eigenvalue weighted by molar-refractivity contribution is 7.22. The van der Waals surface area contributed by atoms with Gasteiger partial charge in [-0.2, -0.15) is 0 Å². The van der Waals surface area contributed by atoms with Crippen LogP contribution < -0.4 is 37.2 Å². The summed E-state index contributed by atoms with van der Waals surface area (Å²) in [5, 5.41) is 21.0. The Morgan fingerprint density at radius 3 is 2.03 bits per heavy atom. The number of fused-ring (bicyclic) bond motifs is 3. The van der Waals surface area contributed by atoms with Crippen LogP contribution in [0.25, 0.3) is 10.2 Å². The highest BCUT2D eigenvalue weighted by Gasteiger charge is 2.46. The number of hydrogen-bond donors (Lipinski definition) is 7. The molecule has 17 nitrogen and oxygen atoms in total. The summed E-state index contributed by atoms with van der Waals surface area (Å²) in [6.45, 7) is 13.7. The van der Waals surface area contributed by atoms with E-state index in [1.54, 1.807) is 49.3 Å². The summed E-state index contributed by atoms with van der Waals surface area (Å²) in [5.41, 5.74) is 4.08. The molecule has 70 heavy (non-hydrogen) atoms. The van der Waals surface area contributed by atoms with Gasteiger partial charge in [0, 0.05) is 36.3 Å². The van der Waals surface area contributed by atoms with Gasteiger partial charge in [0.15, 0.2) is 5.13 Å². The van der Waals surface area contributed by atoms with Gasteiger partial charge >= 0.3 is 0 Å². The van der Waals surface area contributed by atoms with Crippen LogP contribution in [0.15, 0.2) is 60.7 Å². The minimum absolute atomic E-state index is 0.0128. The first-order valence-corrected chi connectivity index (χ1v) is 25.0. The van der Waals surface area contributed by atoms with Gasteiger partial charge in [0.05, 0.1) is 29.3 Å². The monoisotopic (exact) mass is 976 g/mol. The maximum absolute atomic E-state index is 14.5. The Morgan fingerprint density at radius 1 is 0.743 bits per heavy atom. The van der Waals surface area contributed by atoms with E-state index in [1.165, 1.54) is 21.8 Å². The third-order valence-electron chi connectivity index (χ3n) is 13.4. The van der Waals surface area contributed by atoms with Gasteiger partial charge in [-0.05, 0) is 117 Å². The topological polar surface area (TPSA) is 223 Å². The molecule has 1 unspecified atom stereocenters. The first-order valence-electron chi connectivity index (χ1n) is 24.2. The van der Waals surface area contributed by atoms with Crippen molar-refractivity contribution in [3.63, 3.8) is 0 Å². The van der Waals surface area contributed by atoms with Gasteiger partial charge in [-0.15, -0.1) is 0 Å². The van der Waals surface area contributed by atoms with Crippen LogP contribution in [-0.2, 0) is 43.4 Å². The second kappa shape index (κ2) is 21.4. The van der Waals surface area contributed by atoms with Crippen LogP contribution in [0.2, 0.25) is 0 Å². The van der Waals surface area contributed by atoms with Crippen LogP contribution in [0, 0.1) is 10.8 Å². The maximum atomic E-state index is 14.5. The van der Waals surface area contributed by atoms with E-state index in [0.717, 1.165) is 40.7 Å². The molecule has 1 fully saturated rings. The Kier molecular flexibility index (Phi) is 15.8. The summed E-state index contributed by atoms with van der Waals surface area (Å²) in [6.07, 6.45) is 3.35. The zero-order chi connectivity index (χ0) is 50.7. The Bertz CT molecular complexity index is 2650. The quantitative estimate of drug-likeness (QED) is 0.0954. The lowest BCUT2D eigenvalue weighted by Gasteiger charge is -2.40. The smallest absolute Gasteiger partial charge is 0.257 e. The summed E-state index contributed by atoms with van der Waals surface area (Å²) in [6, 6.07) is 15.1. The Hall–Kier alpha value is -6.24. The predicted octanol–water partition coefficient (Wildman–Crippen LogP) is 4.22. The molecule has 374 valence electrons. The number of aromatic nitrogens is 1. The third-order valence-corrected chi connectivity index (χ3v) is 14.4. The van der Waals surface area contributed by atoms with Crippen molar-refractivity contribution in [2.24, 2.45) is 10.8 Å². The number of likely N-dealkylation sites (N-methyl/N-ethyl adjacent to an activating group) is 2. The number of rotatable bonds is 14. The van der Waals surface area contributed by atoms with Crippen molar-refractivity contribution in [2.75, 3.05) is 39.0 Å². The lowest BCUT2D eigenvalue weighted by Crippen LogP contribution is -2.58. The fraction of sp³-hybridized carbons (Fsp3) is 0.500. The van der Waals surface area contributed by atoms with Gasteiger partial charge in [0.25, 0.3) is 11.8 Å². The fourth-order valence-corrected chi connectivity index (χ4v) is 10.6. The number of anilines is 1. The van der Waals surface area contributed by atoms with Crippen LogP contribution >= 0.6 is 11.3 Å². The highest BCUT2D eigenvalue weighted by atomic mass is 32.1. The van der Waals surface area contributed by atoms with Gasteiger partial charge in [-0.25, -0.2) is 4.98 Å². The van der Waals surface area contributed by atoms with Crippen LogP contribution in [0.1, 0.15) is 117 Å². The predicted molar refractivity (Wildman–Crippen MR) is 270 cm³/mol. The van der Waals surface area contributed by atoms with Crippen LogP contribution in [0.3, 0.4) is 0 Å². The van der Waals surface area contributed by atoms with Gasteiger partial charge in [0.1, 0.15) is 18.1 Å². The minimum Gasteiger partial charge on any atom is -0.347 e. The van der Waals surface area contributed by atoms with Crippen molar-refractivity contribution in [3.8, 4) is 0 Å². The molecular formula is C52H68N10O7S. The maximum Gasteiger partial charge on any atom is 0.257 e. The summed E-state index contributed by atoms with van der Waals surface area (Å²) in [7, 11) is 3.32. The molecule has 1 aliphatic carbocycles. The SMILES string of the molecule is CNCC(=O)NC(C(=O)N1Cc2cc(C(=O)Nc3nc4cc(C(=O)N[C@H]5C[C@@H](C(=O)N[C@@H]6CCCc7ccccc76)N(C(=O)[C@@H](NC(=O)CNC)C(C)(C)C)C5)ccc4s3)ccc2C[C@H]1C)C(C)(C)C. The molecule has 7 N–H and O–H groups in total. The molecule has 3 aromatic carbocycles. The van der Waals surface area contributed by atoms with E-state index in [4.69, 9.17) is 0 Å². The average Bonchev–Trinajstić information content (AvgIpc) is 3.92. The van der Waals surface area contributed by atoms with E-state index in [-0.39, 0.29) is 74.2 Å². The van der Waals surface area contributed by atoms with E-state index in [2.05, 4.69) is 48.3 Å². The summed E-state index contributed by atoms with van der Waals surface area (Å²) in [4.78, 5) is 104. The number of nitrogens with one attached hydrogen (secondary N) is 7. The van der Waals surface area contributed by atoms with Crippen LogP contribution in [-0.4, -0.2) is 120 Å². The van der Waals surface area contributed by atoms with E-state index >= 15 is 0 Å². The molecule has 3 heterocycles. The number of nitrogens with zero attached hydrogens (tertiary/aromatic N) is 3. The molecule has 0 radical (unpaired) electrons. The largest absolute Gasteiger partial charge is 0.347 e. The number of likely N-dealkylation sites (tertiary alicyclic amines) is 1. The van der Waals surface area contributed by atoms with Gasteiger partial charge in [-0.1, -0.05) is 83.2 Å². The number of aryl methyl sites for hydroxylation is 1. The number of hydrogen-bond acceptors (Lipinski definition) is 11. The minimum atomic E-state index is -0.941. The lowest BCUT2D eigenvalue weighted by atomic mass is 9.84. The Labute approximate surface area is 414 Å². The number of benzene rings is 3. The molecule has 1 saturated heterocycles. The van der Waals surface area contributed by atoms with Crippen molar-refractivity contribution in [1.29, 1.82) is 0 Å². The lowest BCUT2D eigenvalue weighted by molar-refractivity contribution is -0.144. The zero-order valence-corrected chi connectivity index (χ0v) is 42.5. The van der Waals surface area contributed by atoms with Crippen LogP contribution in [0.5, 0.6) is 0 Å². The summed E-state index contributed by atoms with van der Waals surface area (Å²) >= 11 is 1.26. The van der Waals surface area contributed by atoms with Crippen molar-refractivity contribution in [1.82, 2.24) is 46.7 Å². The fourth-order valence-electron chi connectivity index (χ4n) is 9.72. The third kappa shape index (κ3) is 11.8. The van der Waals surface area contributed by atoms with Crippen molar-refractivity contribution in [2.45, 2.75) is 123 Å². The molecule has 0 saturated carbocycles. The van der Waals surface area contributed by atoms with Crippen molar-refractivity contribution in [3.05, 3.63) is 94.0 Å². The van der Waals surface area contributed by atoms with E-state index in [9.17, 15) is 33.6 Å². The molecular weight excluding hydrogens is 909 g/mol. The standard InChI is InChI=1S/C52H68N10O7S/c1-29-21-31-17-18-32(22-34(31)27-61(29)48(68)43(51(2,3)4)58-41(63)25-53-8)46(66)60-50-57-38-23-33(19-20-40(38)70-50)45(65)55-35-24-39(47(67)56-37-16-12-14-30-13-10-11-15-36(30)37)62(28-35)49(69)44(52(5,6)7)59-42(64)26-54-9/h10-11,13,15,17-20,22-23,29,35,37,39,43-44,53-54H,12,14,16,21,24-28H2,1-9H3,(H,55,65)(H,56,67)(H,58,63)(H,59,64)(H,57,60,66)/t29-,35+,37-,39+,43?,44-/m1/s1. The molecule has 0 bridgehead atoms. The Balaban J connectivity index is 1.04. The number of thiazole rings is 1. The number of carbonyl (C=O) groups is 7. The van der Waals surface area contributed by atoms with Crippen LogP contribution in [0.4, 0.5) is 5.13 Å². The molecule has 18 heteroatoms. The molecule has 2 aliphatic heterocycles. The highest BCUT2D eigenvalue weighted by Crippen LogP contribution is 2.33. The van der Waals surface area contributed by atoms with E-state index in [0.29, 0.717) is 28.2 Å². The molecule has 1 aromatic heterocycles. The molecule has 3 aliphatic rings. The van der Waals surface area contributed by atoms with Gasteiger partial charge < -0.3 is 41.7 Å². The van der Waals surface area contributed by atoms with Crippen molar-refractivity contribution < 1.29 is 33.6 Å².